The smallest absolute Gasteiger partial charge is 0.135 e. The van der Waals surface area contributed by atoms with Crippen LogP contribution in [-0.2, 0) is 11.3 Å². The molecule has 0 aromatic carbocycles. The van der Waals surface area contributed by atoms with Crippen LogP contribution in [0.3, 0.4) is 0 Å². The Balaban J connectivity index is 1.89. The van der Waals surface area contributed by atoms with Crippen LogP contribution in [0.25, 0.3) is 0 Å². The second-order valence-corrected chi connectivity index (χ2v) is 4.73. The van der Waals surface area contributed by atoms with Crippen molar-refractivity contribution < 1.29 is 4.79 Å². The van der Waals surface area contributed by atoms with Crippen LogP contribution < -0.4 is 0 Å². The van der Waals surface area contributed by atoms with Crippen LogP contribution >= 0.6 is 11.3 Å². The Morgan fingerprint density at radius 2 is 2.21 bits per heavy atom. The molecule has 0 unspecified atom stereocenters. The van der Waals surface area contributed by atoms with Crippen molar-refractivity contribution in [3.8, 4) is 0 Å². The summed E-state index contributed by atoms with van der Waals surface area (Å²) in [5.41, 5.74) is 1.14. The normalized spacial score (nSPS) is 18.8. The number of hydrogen-bond acceptors (Lipinski definition) is 4. The van der Waals surface area contributed by atoms with Gasteiger partial charge in [0.2, 0.25) is 0 Å². The van der Waals surface area contributed by atoms with E-state index in [1.165, 1.54) is 0 Å². The lowest BCUT2D eigenvalue weighted by Crippen LogP contribution is -2.33. The van der Waals surface area contributed by atoms with Crippen molar-refractivity contribution in [3.05, 3.63) is 16.1 Å². The maximum atomic E-state index is 11.0. The Morgan fingerprint density at radius 3 is 2.79 bits per heavy atom. The summed E-state index contributed by atoms with van der Waals surface area (Å²) >= 11 is 1.69. The van der Waals surface area contributed by atoms with Crippen LogP contribution in [0.15, 0.2) is 5.38 Å². The van der Waals surface area contributed by atoms with Crippen LogP contribution in [0, 0.1) is 6.92 Å². The van der Waals surface area contributed by atoms with Gasteiger partial charge in [0.25, 0.3) is 0 Å². The Labute approximate surface area is 87.8 Å². The van der Waals surface area contributed by atoms with E-state index in [9.17, 15) is 4.79 Å². The number of carbonyl (C=O) groups is 1. The third-order valence-corrected chi connectivity index (χ3v) is 3.29. The fraction of sp³-hybridized carbons (Fsp3) is 0.600. The number of aryl methyl sites for hydroxylation is 1. The number of aromatic nitrogens is 1. The van der Waals surface area contributed by atoms with Crippen molar-refractivity contribution in [1.82, 2.24) is 9.88 Å². The summed E-state index contributed by atoms with van der Waals surface area (Å²) in [5, 5.41) is 3.22. The molecule has 1 fully saturated rings. The molecular formula is C10H14N2OS. The molecule has 4 heteroatoms. The third kappa shape index (κ3) is 2.39. The zero-order valence-electron chi connectivity index (χ0n) is 8.32. The summed E-state index contributed by atoms with van der Waals surface area (Å²) in [6.07, 6.45) is 1.42. The summed E-state index contributed by atoms with van der Waals surface area (Å²) in [4.78, 5) is 17.7. The lowest BCUT2D eigenvalue weighted by Gasteiger charge is -2.24. The average Bonchev–Trinajstić information content (AvgIpc) is 2.56. The molecule has 1 saturated heterocycles. The number of piperidine rings is 1. The highest BCUT2D eigenvalue weighted by molar-refractivity contribution is 7.09. The molecule has 1 aliphatic heterocycles. The van der Waals surface area contributed by atoms with Gasteiger partial charge in [-0.3, -0.25) is 9.69 Å². The average molecular weight is 210 g/mol. The van der Waals surface area contributed by atoms with E-state index in [0.717, 1.165) is 30.3 Å². The van der Waals surface area contributed by atoms with Crippen LogP contribution in [0.1, 0.15) is 23.5 Å². The van der Waals surface area contributed by atoms with Gasteiger partial charge in [-0.25, -0.2) is 4.98 Å². The van der Waals surface area contributed by atoms with Gasteiger partial charge in [-0.1, -0.05) is 0 Å². The molecule has 1 aromatic heterocycles. The molecule has 1 aliphatic rings. The fourth-order valence-corrected chi connectivity index (χ4v) is 2.27. The van der Waals surface area contributed by atoms with Crippen molar-refractivity contribution >= 4 is 17.1 Å². The maximum absolute atomic E-state index is 11.0. The number of nitrogens with zero attached hydrogens (tertiary/aromatic N) is 2. The van der Waals surface area contributed by atoms with E-state index in [2.05, 4.69) is 15.3 Å². The number of carbonyl (C=O) groups excluding carboxylic acids is 1. The van der Waals surface area contributed by atoms with E-state index < -0.39 is 0 Å². The number of rotatable bonds is 2. The number of likely N-dealkylation sites (tertiary alicyclic amines) is 1. The molecule has 0 N–H and O–H groups in total. The van der Waals surface area contributed by atoms with Gasteiger partial charge in [0.1, 0.15) is 5.78 Å². The van der Waals surface area contributed by atoms with Crippen LogP contribution in [0.4, 0.5) is 0 Å². The van der Waals surface area contributed by atoms with Gasteiger partial charge in [0, 0.05) is 37.9 Å². The molecule has 3 nitrogen and oxygen atoms in total. The lowest BCUT2D eigenvalue weighted by atomic mass is 10.1. The zero-order chi connectivity index (χ0) is 9.97. The topological polar surface area (TPSA) is 33.2 Å². The molecule has 0 saturated carbocycles. The summed E-state index contributed by atoms with van der Waals surface area (Å²) in [7, 11) is 0. The van der Waals surface area contributed by atoms with Gasteiger partial charge in [-0.05, 0) is 6.92 Å². The molecule has 2 rings (SSSR count). The second kappa shape index (κ2) is 4.19. The highest BCUT2D eigenvalue weighted by Gasteiger charge is 2.16. The summed E-state index contributed by atoms with van der Waals surface area (Å²) < 4.78 is 0. The van der Waals surface area contributed by atoms with Crippen molar-refractivity contribution in [1.29, 1.82) is 0 Å². The highest BCUT2D eigenvalue weighted by Crippen LogP contribution is 2.13. The molecular weight excluding hydrogens is 196 g/mol. The van der Waals surface area contributed by atoms with E-state index >= 15 is 0 Å². The first-order chi connectivity index (χ1) is 6.74. The predicted octanol–water partition coefficient (Wildman–Crippen LogP) is 1.62. The van der Waals surface area contributed by atoms with Gasteiger partial charge in [-0.2, -0.15) is 0 Å². The van der Waals surface area contributed by atoms with E-state index in [1.54, 1.807) is 11.3 Å². The number of thiazole rings is 1. The van der Waals surface area contributed by atoms with Gasteiger partial charge >= 0.3 is 0 Å². The first kappa shape index (κ1) is 9.80. The first-order valence-electron chi connectivity index (χ1n) is 4.89. The number of ketones is 1. The van der Waals surface area contributed by atoms with Crippen molar-refractivity contribution in [3.63, 3.8) is 0 Å². The van der Waals surface area contributed by atoms with Crippen molar-refractivity contribution in [2.75, 3.05) is 13.1 Å². The summed E-state index contributed by atoms with van der Waals surface area (Å²) in [6.45, 7) is 4.72. The minimum absolute atomic E-state index is 0.399. The number of hydrogen-bond donors (Lipinski definition) is 0. The Morgan fingerprint density at radius 1 is 1.50 bits per heavy atom. The van der Waals surface area contributed by atoms with E-state index in [-0.39, 0.29) is 0 Å². The first-order valence-corrected chi connectivity index (χ1v) is 5.77. The second-order valence-electron chi connectivity index (χ2n) is 3.67. The van der Waals surface area contributed by atoms with Gasteiger partial charge in [0.05, 0.1) is 10.7 Å². The molecule has 0 bridgehead atoms. The largest absolute Gasteiger partial charge is 0.300 e. The molecule has 0 aliphatic carbocycles. The minimum atomic E-state index is 0.399. The zero-order valence-corrected chi connectivity index (χ0v) is 9.14. The van der Waals surface area contributed by atoms with Crippen LogP contribution in [0.5, 0.6) is 0 Å². The van der Waals surface area contributed by atoms with E-state index in [4.69, 9.17) is 0 Å². The number of Topliss-reactive ketones (excluding diaryl/α,β-unsaturated/α-hetero) is 1. The Kier molecular flexibility index (Phi) is 2.93. The SMILES string of the molecule is Cc1nc(CN2CCC(=O)CC2)cs1. The molecule has 14 heavy (non-hydrogen) atoms. The Hall–Kier alpha value is -0.740. The lowest BCUT2D eigenvalue weighted by molar-refractivity contribution is -0.121. The van der Waals surface area contributed by atoms with Gasteiger partial charge < -0.3 is 0 Å². The van der Waals surface area contributed by atoms with Gasteiger partial charge in [-0.15, -0.1) is 11.3 Å². The van der Waals surface area contributed by atoms with Crippen LogP contribution in [-0.4, -0.2) is 28.8 Å². The van der Waals surface area contributed by atoms with E-state index in [0.29, 0.717) is 18.6 Å². The maximum Gasteiger partial charge on any atom is 0.135 e. The summed E-state index contributed by atoms with van der Waals surface area (Å²) in [5.74, 6) is 0.399. The monoisotopic (exact) mass is 210 g/mol. The molecule has 0 spiro atoms. The van der Waals surface area contributed by atoms with E-state index in [1.807, 2.05) is 6.92 Å². The summed E-state index contributed by atoms with van der Waals surface area (Å²) in [6, 6.07) is 0. The molecule has 0 radical (unpaired) electrons. The Bertz CT molecular complexity index is 325. The predicted molar refractivity (Wildman–Crippen MR) is 56.4 cm³/mol. The minimum Gasteiger partial charge on any atom is -0.300 e. The van der Waals surface area contributed by atoms with Crippen LogP contribution in [0.2, 0.25) is 0 Å². The van der Waals surface area contributed by atoms with Crippen molar-refractivity contribution in [2.45, 2.75) is 26.3 Å². The molecule has 1 aromatic rings. The molecule has 76 valence electrons. The fourth-order valence-electron chi connectivity index (χ4n) is 1.67. The highest BCUT2D eigenvalue weighted by atomic mass is 32.1. The third-order valence-electron chi connectivity index (χ3n) is 2.47. The molecule has 0 amide bonds. The quantitative estimate of drug-likeness (QED) is 0.743. The van der Waals surface area contributed by atoms with Crippen molar-refractivity contribution in [2.24, 2.45) is 0 Å². The molecule has 2 heterocycles. The van der Waals surface area contributed by atoms with Gasteiger partial charge in [0.15, 0.2) is 0 Å². The molecule has 0 atom stereocenters. The standard InChI is InChI=1S/C10H14N2OS/c1-8-11-9(7-14-8)6-12-4-2-10(13)3-5-12/h7H,2-6H2,1H3.